The van der Waals surface area contributed by atoms with E-state index in [4.69, 9.17) is 9.47 Å². The fourth-order valence-electron chi connectivity index (χ4n) is 1.86. The van der Waals surface area contributed by atoms with Gasteiger partial charge in [0.2, 0.25) is 6.79 Å². The molecule has 2 aliphatic heterocycles. The molecule has 1 aromatic rings. The van der Waals surface area contributed by atoms with Gasteiger partial charge < -0.3 is 9.47 Å². The number of nitrogens with one attached hydrogen (secondary N) is 2. The monoisotopic (exact) mass is 228 g/mol. The fourth-order valence-corrected chi connectivity index (χ4v) is 1.86. The number of benzene rings is 1. The summed E-state index contributed by atoms with van der Waals surface area (Å²) in [5, 5.41) is 0. The molecule has 2 aliphatic rings. The second-order valence-electron chi connectivity index (χ2n) is 3.53. The minimum absolute atomic E-state index is 0. The third-order valence-electron chi connectivity index (χ3n) is 2.63. The normalized spacial score (nSPS) is 22.5. The second kappa shape index (κ2) is 4.26. The van der Waals surface area contributed by atoms with E-state index >= 15 is 0 Å². The van der Waals surface area contributed by atoms with Gasteiger partial charge in [-0.3, -0.25) is 10.9 Å². The molecule has 0 radical (unpaired) electrons. The molecule has 4 nitrogen and oxygen atoms in total. The summed E-state index contributed by atoms with van der Waals surface area (Å²) >= 11 is 0. The SMILES string of the molecule is Cl.c1cc2c(cc1C1CCNN1)OCO2. The van der Waals surface area contributed by atoms with E-state index in [1.165, 1.54) is 5.56 Å². The molecule has 1 saturated heterocycles. The lowest BCUT2D eigenvalue weighted by atomic mass is 10.1. The maximum Gasteiger partial charge on any atom is 0.231 e. The molecule has 0 saturated carbocycles. The molecule has 1 fully saturated rings. The first-order chi connectivity index (χ1) is 6.93. The smallest absolute Gasteiger partial charge is 0.231 e. The van der Waals surface area contributed by atoms with Crippen LogP contribution < -0.4 is 20.3 Å². The van der Waals surface area contributed by atoms with Crippen molar-refractivity contribution in [1.82, 2.24) is 10.9 Å². The molecular formula is C10H13ClN2O2. The Balaban J connectivity index is 0.000000853. The van der Waals surface area contributed by atoms with Gasteiger partial charge in [-0.05, 0) is 24.1 Å². The van der Waals surface area contributed by atoms with E-state index in [0.29, 0.717) is 12.8 Å². The lowest BCUT2D eigenvalue weighted by Gasteiger charge is -2.09. The van der Waals surface area contributed by atoms with Gasteiger partial charge in [0, 0.05) is 12.6 Å². The molecular weight excluding hydrogens is 216 g/mol. The van der Waals surface area contributed by atoms with Crippen molar-refractivity contribution in [3.05, 3.63) is 23.8 Å². The van der Waals surface area contributed by atoms with Gasteiger partial charge in [0.25, 0.3) is 0 Å². The molecule has 0 spiro atoms. The zero-order valence-corrected chi connectivity index (χ0v) is 8.97. The predicted molar refractivity (Wildman–Crippen MR) is 58.3 cm³/mol. The maximum atomic E-state index is 5.33. The van der Waals surface area contributed by atoms with Crippen LogP contribution >= 0.6 is 12.4 Å². The van der Waals surface area contributed by atoms with E-state index in [2.05, 4.69) is 16.9 Å². The van der Waals surface area contributed by atoms with Crippen LogP contribution in [0.5, 0.6) is 11.5 Å². The molecule has 1 atom stereocenters. The number of rotatable bonds is 1. The van der Waals surface area contributed by atoms with Crippen LogP contribution in [0.15, 0.2) is 18.2 Å². The van der Waals surface area contributed by atoms with Crippen LogP contribution in [0.1, 0.15) is 18.0 Å². The molecule has 0 bridgehead atoms. The molecule has 15 heavy (non-hydrogen) atoms. The second-order valence-corrected chi connectivity index (χ2v) is 3.53. The Morgan fingerprint density at radius 1 is 1.20 bits per heavy atom. The van der Waals surface area contributed by atoms with Gasteiger partial charge in [-0.25, -0.2) is 0 Å². The third-order valence-corrected chi connectivity index (χ3v) is 2.63. The summed E-state index contributed by atoms with van der Waals surface area (Å²) in [4.78, 5) is 0. The highest BCUT2D eigenvalue weighted by Crippen LogP contribution is 2.34. The molecule has 0 amide bonds. The summed E-state index contributed by atoms with van der Waals surface area (Å²) in [6, 6.07) is 6.49. The van der Waals surface area contributed by atoms with E-state index in [1.54, 1.807) is 0 Å². The lowest BCUT2D eigenvalue weighted by molar-refractivity contribution is 0.174. The average molecular weight is 229 g/mol. The summed E-state index contributed by atoms with van der Waals surface area (Å²) in [7, 11) is 0. The molecule has 82 valence electrons. The van der Waals surface area contributed by atoms with Crippen LogP contribution in [0.2, 0.25) is 0 Å². The average Bonchev–Trinajstić information content (AvgIpc) is 2.88. The number of fused-ring (bicyclic) bond motifs is 1. The molecule has 2 heterocycles. The van der Waals surface area contributed by atoms with Crippen molar-refractivity contribution in [3.8, 4) is 11.5 Å². The molecule has 2 N–H and O–H groups in total. The van der Waals surface area contributed by atoms with Crippen molar-refractivity contribution in [2.75, 3.05) is 13.3 Å². The topological polar surface area (TPSA) is 42.5 Å². The standard InChI is InChI=1S/C10H12N2O2.ClH/c1-2-9-10(14-6-13-9)5-7(1)8-3-4-11-12-8;/h1-2,5,8,11-12H,3-4,6H2;1H. The van der Waals surface area contributed by atoms with Crippen LogP contribution in [-0.2, 0) is 0 Å². The van der Waals surface area contributed by atoms with Gasteiger partial charge in [-0.1, -0.05) is 6.07 Å². The van der Waals surface area contributed by atoms with Crippen LogP contribution in [-0.4, -0.2) is 13.3 Å². The lowest BCUT2D eigenvalue weighted by Crippen LogP contribution is -2.24. The highest BCUT2D eigenvalue weighted by molar-refractivity contribution is 5.85. The molecule has 0 aliphatic carbocycles. The highest BCUT2D eigenvalue weighted by Gasteiger charge is 2.19. The highest BCUT2D eigenvalue weighted by atomic mass is 35.5. The van der Waals surface area contributed by atoms with Gasteiger partial charge in [0.1, 0.15) is 0 Å². The fraction of sp³-hybridized carbons (Fsp3) is 0.400. The Morgan fingerprint density at radius 2 is 2.07 bits per heavy atom. The Bertz CT molecular complexity index is 353. The molecule has 3 rings (SSSR count). The van der Waals surface area contributed by atoms with Gasteiger partial charge in [-0.2, -0.15) is 0 Å². The minimum Gasteiger partial charge on any atom is -0.454 e. The van der Waals surface area contributed by atoms with Crippen molar-refractivity contribution >= 4 is 12.4 Å². The Labute approximate surface area is 94.3 Å². The van der Waals surface area contributed by atoms with Gasteiger partial charge in [0.05, 0.1) is 0 Å². The van der Waals surface area contributed by atoms with E-state index in [0.717, 1.165) is 24.5 Å². The summed E-state index contributed by atoms with van der Waals surface area (Å²) in [6.07, 6.45) is 1.11. The first-order valence-corrected chi connectivity index (χ1v) is 4.81. The van der Waals surface area contributed by atoms with Gasteiger partial charge >= 0.3 is 0 Å². The van der Waals surface area contributed by atoms with Crippen LogP contribution in [0, 0.1) is 0 Å². The number of ether oxygens (including phenoxy) is 2. The Morgan fingerprint density at radius 3 is 2.87 bits per heavy atom. The van der Waals surface area contributed by atoms with Crippen molar-refractivity contribution in [3.63, 3.8) is 0 Å². The quantitative estimate of drug-likeness (QED) is 0.762. The zero-order chi connectivity index (χ0) is 9.38. The Kier molecular flexibility index (Phi) is 3.00. The molecule has 5 heteroatoms. The van der Waals surface area contributed by atoms with E-state index in [-0.39, 0.29) is 12.4 Å². The predicted octanol–water partition coefficient (Wildman–Crippen LogP) is 1.38. The third kappa shape index (κ3) is 1.88. The first-order valence-electron chi connectivity index (χ1n) is 4.81. The summed E-state index contributed by atoms with van der Waals surface area (Å²) in [6.45, 7) is 1.36. The van der Waals surface area contributed by atoms with Crippen molar-refractivity contribution in [2.24, 2.45) is 0 Å². The first kappa shape index (κ1) is 10.5. The zero-order valence-electron chi connectivity index (χ0n) is 8.16. The summed E-state index contributed by atoms with van der Waals surface area (Å²) in [5.41, 5.74) is 7.58. The van der Waals surface area contributed by atoms with E-state index in [1.807, 2.05) is 12.1 Å². The van der Waals surface area contributed by atoms with Crippen molar-refractivity contribution < 1.29 is 9.47 Å². The molecule has 0 aromatic heterocycles. The van der Waals surface area contributed by atoms with Crippen LogP contribution in [0.3, 0.4) is 0 Å². The Hall–Kier alpha value is -0.970. The minimum atomic E-state index is 0. The number of halogens is 1. The van der Waals surface area contributed by atoms with Crippen molar-refractivity contribution in [2.45, 2.75) is 12.5 Å². The number of hydrogen-bond acceptors (Lipinski definition) is 4. The number of hydrogen-bond donors (Lipinski definition) is 2. The molecule has 1 aromatic carbocycles. The largest absolute Gasteiger partial charge is 0.454 e. The molecule has 1 unspecified atom stereocenters. The van der Waals surface area contributed by atoms with E-state index in [9.17, 15) is 0 Å². The van der Waals surface area contributed by atoms with Crippen molar-refractivity contribution in [1.29, 1.82) is 0 Å². The van der Waals surface area contributed by atoms with Gasteiger partial charge in [-0.15, -0.1) is 12.4 Å². The van der Waals surface area contributed by atoms with Crippen LogP contribution in [0.4, 0.5) is 0 Å². The summed E-state index contributed by atoms with van der Waals surface area (Å²) in [5.74, 6) is 1.70. The maximum absolute atomic E-state index is 5.33. The number of hydrazine groups is 1. The van der Waals surface area contributed by atoms with Crippen LogP contribution in [0.25, 0.3) is 0 Å². The van der Waals surface area contributed by atoms with Gasteiger partial charge in [0.15, 0.2) is 11.5 Å². The summed E-state index contributed by atoms with van der Waals surface area (Å²) < 4.78 is 10.6. The van der Waals surface area contributed by atoms with E-state index < -0.39 is 0 Å².